The number of hydrogen-bond acceptors (Lipinski definition) is 4. The van der Waals surface area contributed by atoms with Gasteiger partial charge in [0.1, 0.15) is 6.54 Å². The molecule has 3 rings (SSSR count). The number of nitrogens with zero attached hydrogens (tertiary/aromatic N) is 2. The molecular weight excluding hydrogens is 364 g/mol. The Labute approximate surface area is 173 Å². The van der Waals surface area contributed by atoms with Crippen molar-refractivity contribution >= 4 is 17.3 Å². The van der Waals surface area contributed by atoms with Crippen molar-refractivity contribution in [2.75, 3.05) is 32.7 Å². The van der Waals surface area contributed by atoms with Crippen LogP contribution in [0.25, 0.3) is 0 Å². The summed E-state index contributed by atoms with van der Waals surface area (Å²) >= 11 is 0. The molecule has 0 aliphatic carbocycles. The van der Waals surface area contributed by atoms with E-state index >= 15 is 0 Å². The summed E-state index contributed by atoms with van der Waals surface area (Å²) in [5.41, 5.74) is 4.78. The van der Waals surface area contributed by atoms with Gasteiger partial charge in [0.05, 0.1) is 25.6 Å². The predicted octanol–water partition coefficient (Wildman–Crippen LogP) is 4.64. The fourth-order valence-corrected chi connectivity index (χ4v) is 3.68. The van der Waals surface area contributed by atoms with Crippen molar-refractivity contribution in [3.63, 3.8) is 0 Å². The lowest BCUT2D eigenvalue weighted by Crippen LogP contribution is -2.27. The molecule has 5 nitrogen and oxygen atoms in total. The number of carbonyl (C=O) groups excluding carboxylic acids is 1. The predicted molar refractivity (Wildman–Crippen MR) is 118 cm³/mol. The van der Waals surface area contributed by atoms with Crippen LogP contribution in [0, 0.1) is 0 Å². The van der Waals surface area contributed by atoms with Crippen LogP contribution in [0.5, 0.6) is 11.5 Å². The van der Waals surface area contributed by atoms with Crippen LogP contribution >= 0.6 is 0 Å². The SMILES string of the molecule is CCCCCCc1cccc(C2=NCC(=O)N(C)c3cc(OC)c(OC)cc32)c1. The summed E-state index contributed by atoms with van der Waals surface area (Å²) in [7, 11) is 4.99. The van der Waals surface area contributed by atoms with E-state index < -0.39 is 0 Å². The molecule has 0 bridgehead atoms. The summed E-state index contributed by atoms with van der Waals surface area (Å²) < 4.78 is 11.0. The maximum absolute atomic E-state index is 12.5. The zero-order valence-electron chi connectivity index (χ0n) is 17.8. The van der Waals surface area contributed by atoms with E-state index in [1.54, 1.807) is 26.2 Å². The molecule has 0 N–H and O–H groups in total. The maximum Gasteiger partial charge on any atom is 0.248 e. The molecule has 1 aliphatic heterocycles. The molecule has 0 spiro atoms. The highest BCUT2D eigenvalue weighted by atomic mass is 16.5. The third-order valence-corrected chi connectivity index (χ3v) is 5.38. The van der Waals surface area contributed by atoms with Crippen LogP contribution in [-0.4, -0.2) is 39.4 Å². The largest absolute Gasteiger partial charge is 0.493 e. The normalized spacial score (nSPS) is 13.6. The number of unbranched alkanes of at least 4 members (excludes halogenated alkanes) is 3. The number of ether oxygens (including phenoxy) is 2. The molecule has 154 valence electrons. The number of hydrogen-bond donors (Lipinski definition) is 0. The summed E-state index contributed by atoms with van der Waals surface area (Å²) in [5.74, 6) is 1.17. The van der Waals surface area contributed by atoms with Crippen molar-refractivity contribution in [3.05, 3.63) is 53.1 Å². The quantitative estimate of drug-likeness (QED) is 0.613. The molecule has 0 saturated heterocycles. The van der Waals surface area contributed by atoms with Gasteiger partial charge in [0.25, 0.3) is 0 Å². The Morgan fingerprint density at radius 3 is 2.52 bits per heavy atom. The Morgan fingerprint density at radius 2 is 1.79 bits per heavy atom. The molecule has 0 atom stereocenters. The number of rotatable bonds is 8. The average Bonchev–Trinajstić information content (AvgIpc) is 2.87. The molecule has 5 heteroatoms. The molecule has 0 fully saturated rings. The minimum absolute atomic E-state index is 0.0517. The van der Waals surface area contributed by atoms with Gasteiger partial charge in [-0.05, 0) is 30.5 Å². The van der Waals surface area contributed by atoms with Crippen molar-refractivity contribution in [1.29, 1.82) is 0 Å². The van der Waals surface area contributed by atoms with Crippen LogP contribution in [0.1, 0.15) is 49.3 Å². The fraction of sp³-hybridized carbons (Fsp3) is 0.417. The lowest BCUT2D eigenvalue weighted by Gasteiger charge is -2.20. The van der Waals surface area contributed by atoms with E-state index in [1.807, 2.05) is 12.1 Å². The lowest BCUT2D eigenvalue weighted by molar-refractivity contribution is -0.116. The third-order valence-electron chi connectivity index (χ3n) is 5.38. The Bertz CT molecular complexity index is 905. The second kappa shape index (κ2) is 9.59. The molecule has 0 unspecified atom stereocenters. The van der Waals surface area contributed by atoms with Gasteiger partial charge >= 0.3 is 0 Å². The smallest absolute Gasteiger partial charge is 0.248 e. The fourth-order valence-electron chi connectivity index (χ4n) is 3.68. The lowest BCUT2D eigenvalue weighted by atomic mass is 9.96. The standard InChI is InChI=1S/C24H30N2O3/c1-5-6-7-8-10-17-11-9-12-18(13-17)24-19-14-21(28-3)22(29-4)15-20(19)26(2)23(27)16-25-24/h9,11-15H,5-8,10,16H2,1-4H3. The number of benzodiazepines with no additional fused rings is 1. The first-order chi connectivity index (χ1) is 14.1. The number of fused-ring (bicyclic) bond motifs is 1. The monoisotopic (exact) mass is 394 g/mol. The Hall–Kier alpha value is -2.82. The van der Waals surface area contributed by atoms with Crippen molar-refractivity contribution < 1.29 is 14.3 Å². The third kappa shape index (κ3) is 4.61. The molecule has 1 amide bonds. The first-order valence-corrected chi connectivity index (χ1v) is 10.3. The maximum atomic E-state index is 12.5. The van der Waals surface area contributed by atoms with Gasteiger partial charge in [0.15, 0.2) is 11.5 Å². The number of benzene rings is 2. The first-order valence-electron chi connectivity index (χ1n) is 10.3. The average molecular weight is 395 g/mol. The van der Waals surface area contributed by atoms with Crippen LogP contribution in [0.3, 0.4) is 0 Å². The van der Waals surface area contributed by atoms with Gasteiger partial charge in [-0.2, -0.15) is 0 Å². The second-order valence-corrected chi connectivity index (χ2v) is 7.35. The molecule has 0 radical (unpaired) electrons. The highest BCUT2D eigenvalue weighted by molar-refractivity contribution is 6.20. The molecule has 29 heavy (non-hydrogen) atoms. The van der Waals surface area contributed by atoms with Crippen molar-refractivity contribution in [2.45, 2.75) is 39.0 Å². The van der Waals surface area contributed by atoms with E-state index in [2.05, 4.69) is 36.2 Å². The summed E-state index contributed by atoms with van der Waals surface area (Å²) in [6.07, 6.45) is 6.00. The van der Waals surface area contributed by atoms with Crippen LogP contribution in [0.4, 0.5) is 5.69 Å². The van der Waals surface area contributed by atoms with Crippen LogP contribution in [0.15, 0.2) is 41.4 Å². The highest BCUT2D eigenvalue weighted by Gasteiger charge is 2.25. The number of methoxy groups -OCH3 is 2. The van der Waals surface area contributed by atoms with Crippen LogP contribution < -0.4 is 14.4 Å². The van der Waals surface area contributed by atoms with Crippen LogP contribution in [0.2, 0.25) is 0 Å². The summed E-state index contributed by atoms with van der Waals surface area (Å²) in [6.45, 7) is 2.34. The van der Waals surface area contributed by atoms with E-state index in [9.17, 15) is 4.79 Å². The Kier molecular flexibility index (Phi) is 6.91. The highest BCUT2D eigenvalue weighted by Crippen LogP contribution is 2.37. The summed E-state index contributed by atoms with van der Waals surface area (Å²) in [6, 6.07) is 12.3. The topological polar surface area (TPSA) is 51.1 Å². The minimum Gasteiger partial charge on any atom is -0.493 e. The molecule has 1 aliphatic rings. The summed E-state index contributed by atoms with van der Waals surface area (Å²) in [4.78, 5) is 18.8. The molecule has 0 aromatic heterocycles. The van der Waals surface area contributed by atoms with Crippen molar-refractivity contribution in [3.8, 4) is 11.5 Å². The Morgan fingerprint density at radius 1 is 1.03 bits per heavy atom. The van der Waals surface area contributed by atoms with Gasteiger partial charge in [0, 0.05) is 24.2 Å². The number of aryl methyl sites for hydroxylation is 1. The molecule has 2 aromatic carbocycles. The van der Waals surface area contributed by atoms with Crippen molar-refractivity contribution in [1.82, 2.24) is 0 Å². The van der Waals surface area contributed by atoms with Gasteiger partial charge in [-0.3, -0.25) is 9.79 Å². The van der Waals surface area contributed by atoms with Gasteiger partial charge in [-0.15, -0.1) is 0 Å². The van der Waals surface area contributed by atoms with E-state index in [1.165, 1.54) is 31.2 Å². The molecular formula is C24H30N2O3. The number of carbonyl (C=O) groups is 1. The molecule has 1 heterocycles. The molecule has 0 saturated carbocycles. The van der Waals surface area contributed by atoms with Gasteiger partial charge in [0.2, 0.25) is 5.91 Å². The Balaban J connectivity index is 2.02. The second-order valence-electron chi connectivity index (χ2n) is 7.35. The van der Waals surface area contributed by atoms with Gasteiger partial charge < -0.3 is 14.4 Å². The van der Waals surface area contributed by atoms with Gasteiger partial charge in [-0.25, -0.2) is 0 Å². The molecule has 2 aromatic rings. The number of aliphatic imine (C=N–C) groups is 1. The van der Waals surface area contributed by atoms with E-state index in [0.717, 1.165) is 28.9 Å². The van der Waals surface area contributed by atoms with E-state index in [4.69, 9.17) is 9.47 Å². The zero-order chi connectivity index (χ0) is 20.8. The summed E-state index contributed by atoms with van der Waals surface area (Å²) in [5, 5.41) is 0. The van der Waals surface area contributed by atoms with E-state index in [-0.39, 0.29) is 12.5 Å². The van der Waals surface area contributed by atoms with E-state index in [0.29, 0.717) is 11.5 Å². The van der Waals surface area contributed by atoms with Crippen molar-refractivity contribution in [2.24, 2.45) is 4.99 Å². The van der Waals surface area contributed by atoms with Crippen LogP contribution in [-0.2, 0) is 11.2 Å². The zero-order valence-corrected chi connectivity index (χ0v) is 17.8. The first kappa shape index (κ1) is 20.9. The number of likely N-dealkylation sites (N-methyl/N-ethyl adjacent to an activating group) is 1. The number of anilines is 1. The van der Waals surface area contributed by atoms with Gasteiger partial charge in [-0.1, -0.05) is 44.4 Å². The number of amides is 1. The minimum atomic E-state index is -0.0517.